The van der Waals surface area contributed by atoms with E-state index < -0.39 is 0 Å². The van der Waals surface area contributed by atoms with Crippen LogP contribution in [0, 0.1) is 5.41 Å². The first-order valence-electron chi connectivity index (χ1n) is 6.39. The number of likely N-dealkylation sites (N-methyl/N-ethyl adjacent to an activating group) is 1. The molecule has 1 unspecified atom stereocenters. The second-order valence-electron chi connectivity index (χ2n) is 5.91. The standard InChI is InChI=1S/C13H21N5O/c1-13(2,3)10(14-4)7-18-8-15-11-9(12(18)19)6-16-17(11)5/h6,8,10,14H,7H2,1-5H3. The predicted octanol–water partition coefficient (Wildman–Crippen LogP) is 0.764. The Labute approximate surface area is 112 Å². The van der Waals surface area contributed by atoms with Crippen molar-refractivity contribution in [1.29, 1.82) is 0 Å². The minimum absolute atomic E-state index is 0.0393. The van der Waals surface area contributed by atoms with Crippen LogP contribution in [-0.4, -0.2) is 32.4 Å². The van der Waals surface area contributed by atoms with Gasteiger partial charge in [0.2, 0.25) is 0 Å². The van der Waals surface area contributed by atoms with Crippen LogP contribution in [0.3, 0.4) is 0 Å². The summed E-state index contributed by atoms with van der Waals surface area (Å²) in [5.41, 5.74) is 0.651. The fraction of sp³-hybridized carbons (Fsp3) is 0.615. The smallest absolute Gasteiger partial charge is 0.264 e. The number of rotatable bonds is 3. The lowest BCUT2D eigenvalue weighted by atomic mass is 9.87. The van der Waals surface area contributed by atoms with Crippen molar-refractivity contribution in [3.63, 3.8) is 0 Å². The number of hydrogen-bond donors (Lipinski definition) is 1. The van der Waals surface area contributed by atoms with Crippen LogP contribution in [0.25, 0.3) is 11.0 Å². The topological polar surface area (TPSA) is 64.7 Å². The summed E-state index contributed by atoms with van der Waals surface area (Å²) in [6.07, 6.45) is 3.18. The number of nitrogens with one attached hydrogen (secondary N) is 1. The van der Waals surface area contributed by atoms with E-state index in [1.54, 1.807) is 28.8 Å². The monoisotopic (exact) mass is 263 g/mol. The van der Waals surface area contributed by atoms with Crippen molar-refractivity contribution in [1.82, 2.24) is 24.6 Å². The lowest BCUT2D eigenvalue weighted by molar-refractivity contribution is 0.252. The van der Waals surface area contributed by atoms with Gasteiger partial charge in [-0.2, -0.15) is 5.10 Å². The number of hydrogen-bond acceptors (Lipinski definition) is 4. The Morgan fingerprint density at radius 2 is 2.11 bits per heavy atom. The lowest BCUT2D eigenvalue weighted by Gasteiger charge is -2.30. The molecule has 0 bridgehead atoms. The van der Waals surface area contributed by atoms with Gasteiger partial charge in [-0.3, -0.25) is 14.0 Å². The van der Waals surface area contributed by atoms with E-state index in [1.807, 2.05) is 7.05 Å². The van der Waals surface area contributed by atoms with E-state index in [4.69, 9.17) is 0 Å². The first-order chi connectivity index (χ1) is 8.84. The molecule has 2 rings (SSSR count). The van der Waals surface area contributed by atoms with Crippen LogP contribution >= 0.6 is 0 Å². The van der Waals surface area contributed by atoms with E-state index >= 15 is 0 Å². The highest BCUT2D eigenvalue weighted by Crippen LogP contribution is 2.20. The van der Waals surface area contributed by atoms with E-state index in [0.29, 0.717) is 17.6 Å². The normalized spacial score (nSPS) is 13.9. The van der Waals surface area contributed by atoms with Crippen molar-refractivity contribution in [2.24, 2.45) is 12.5 Å². The van der Waals surface area contributed by atoms with Gasteiger partial charge in [-0.05, 0) is 12.5 Å². The summed E-state index contributed by atoms with van der Waals surface area (Å²) in [5, 5.41) is 7.90. The maximum absolute atomic E-state index is 12.4. The van der Waals surface area contributed by atoms with Gasteiger partial charge in [-0.15, -0.1) is 0 Å². The van der Waals surface area contributed by atoms with Crippen LogP contribution in [0.15, 0.2) is 17.3 Å². The maximum Gasteiger partial charge on any atom is 0.264 e. The molecule has 0 radical (unpaired) electrons. The molecule has 1 atom stereocenters. The third kappa shape index (κ3) is 2.53. The molecule has 6 heteroatoms. The number of aryl methyl sites for hydroxylation is 1. The third-order valence-corrected chi connectivity index (χ3v) is 3.49. The summed E-state index contributed by atoms with van der Waals surface area (Å²) >= 11 is 0. The molecule has 0 saturated heterocycles. The molecule has 0 spiro atoms. The molecule has 0 aromatic carbocycles. The zero-order valence-corrected chi connectivity index (χ0v) is 12.1. The highest BCUT2D eigenvalue weighted by Gasteiger charge is 2.24. The van der Waals surface area contributed by atoms with Crippen molar-refractivity contribution in [3.8, 4) is 0 Å². The molecule has 0 aliphatic rings. The van der Waals surface area contributed by atoms with Crippen molar-refractivity contribution in [3.05, 3.63) is 22.9 Å². The van der Waals surface area contributed by atoms with Crippen LogP contribution in [0.1, 0.15) is 20.8 Å². The average Bonchev–Trinajstić information content (AvgIpc) is 2.69. The summed E-state index contributed by atoms with van der Waals surface area (Å²) in [5.74, 6) is 0. The average molecular weight is 263 g/mol. The van der Waals surface area contributed by atoms with Crippen molar-refractivity contribution in [2.75, 3.05) is 7.05 Å². The first-order valence-corrected chi connectivity index (χ1v) is 6.39. The molecule has 2 aromatic rings. The molecular formula is C13H21N5O. The Balaban J connectivity index is 2.41. The molecule has 104 valence electrons. The van der Waals surface area contributed by atoms with Crippen molar-refractivity contribution < 1.29 is 0 Å². The van der Waals surface area contributed by atoms with Crippen molar-refractivity contribution >= 4 is 11.0 Å². The fourth-order valence-corrected chi connectivity index (χ4v) is 2.19. The Kier molecular flexibility index (Phi) is 3.45. The zero-order valence-electron chi connectivity index (χ0n) is 12.1. The van der Waals surface area contributed by atoms with Gasteiger partial charge in [0, 0.05) is 19.6 Å². The summed E-state index contributed by atoms with van der Waals surface area (Å²) in [4.78, 5) is 16.7. The molecule has 0 aliphatic heterocycles. The molecule has 0 fully saturated rings. The summed E-state index contributed by atoms with van der Waals surface area (Å²) in [6.45, 7) is 7.04. The van der Waals surface area contributed by atoms with Crippen molar-refractivity contribution in [2.45, 2.75) is 33.4 Å². The van der Waals surface area contributed by atoms with Crippen LogP contribution in [-0.2, 0) is 13.6 Å². The fourth-order valence-electron chi connectivity index (χ4n) is 2.19. The van der Waals surface area contributed by atoms with Gasteiger partial charge >= 0.3 is 0 Å². The molecule has 6 nitrogen and oxygen atoms in total. The Morgan fingerprint density at radius 1 is 1.42 bits per heavy atom. The van der Waals surface area contributed by atoms with Gasteiger partial charge < -0.3 is 5.32 Å². The highest BCUT2D eigenvalue weighted by atomic mass is 16.1. The summed E-state index contributed by atoms with van der Waals surface area (Å²) in [7, 11) is 3.70. The second-order valence-corrected chi connectivity index (χ2v) is 5.91. The van der Waals surface area contributed by atoms with E-state index in [0.717, 1.165) is 0 Å². The Morgan fingerprint density at radius 3 is 2.68 bits per heavy atom. The van der Waals surface area contributed by atoms with Crippen LogP contribution in [0.5, 0.6) is 0 Å². The quantitative estimate of drug-likeness (QED) is 0.888. The molecule has 1 N–H and O–H groups in total. The molecule has 0 aliphatic carbocycles. The first kappa shape index (κ1) is 13.7. The largest absolute Gasteiger partial charge is 0.315 e. The highest BCUT2D eigenvalue weighted by molar-refractivity contribution is 5.72. The number of nitrogens with zero attached hydrogens (tertiary/aromatic N) is 4. The van der Waals surface area contributed by atoms with E-state index in [1.165, 1.54) is 0 Å². The lowest BCUT2D eigenvalue weighted by Crippen LogP contribution is -2.43. The van der Waals surface area contributed by atoms with Crippen LogP contribution in [0.4, 0.5) is 0 Å². The molecule has 2 heterocycles. The van der Waals surface area contributed by atoms with Gasteiger partial charge in [0.15, 0.2) is 5.65 Å². The van der Waals surface area contributed by atoms with Gasteiger partial charge in [-0.25, -0.2) is 4.98 Å². The minimum Gasteiger partial charge on any atom is -0.315 e. The van der Waals surface area contributed by atoms with Gasteiger partial charge in [0.1, 0.15) is 11.7 Å². The molecule has 2 aromatic heterocycles. The molecule has 0 amide bonds. The van der Waals surface area contributed by atoms with Gasteiger partial charge in [0.25, 0.3) is 5.56 Å². The number of aromatic nitrogens is 4. The molecule has 0 saturated carbocycles. The SMILES string of the molecule is CNC(Cn1cnc2c(cnn2C)c1=O)C(C)(C)C. The van der Waals surface area contributed by atoms with E-state index in [9.17, 15) is 4.79 Å². The Hall–Kier alpha value is -1.69. The summed E-state index contributed by atoms with van der Waals surface area (Å²) in [6, 6.07) is 0.195. The summed E-state index contributed by atoms with van der Waals surface area (Å²) < 4.78 is 3.26. The van der Waals surface area contributed by atoms with E-state index in [-0.39, 0.29) is 17.0 Å². The van der Waals surface area contributed by atoms with Gasteiger partial charge in [0.05, 0.1) is 6.20 Å². The van der Waals surface area contributed by atoms with Crippen LogP contribution < -0.4 is 10.9 Å². The number of fused-ring (bicyclic) bond motifs is 1. The zero-order chi connectivity index (χ0) is 14.2. The predicted molar refractivity (Wildman–Crippen MR) is 75.1 cm³/mol. The second kappa shape index (κ2) is 4.77. The van der Waals surface area contributed by atoms with Gasteiger partial charge in [-0.1, -0.05) is 20.8 Å². The Bertz CT molecular complexity index is 635. The van der Waals surface area contributed by atoms with Crippen LogP contribution in [0.2, 0.25) is 0 Å². The molecular weight excluding hydrogens is 242 g/mol. The maximum atomic E-state index is 12.4. The van der Waals surface area contributed by atoms with E-state index in [2.05, 4.69) is 36.2 Å². The third-order valence-electron chi connectivity index (χ3n) is 3.49. The minimum atomic E-state index is -0.0393. The molecule has 19 heavy (non-hydrogen) atoms.